The van der Waals surface area contributed by atoms with Gasteiger partial charge in [0, 0.05) is 31.7 Å². The molecule has 0 radical (unpaired) electrons. The summed E-state index contributed by atoms with van der Waals surface area (Å²) in [6, 6.07) is 12.2. The van der Waals surface area contributed by atoms with E-state index in [9.17, 15) is 13.2 Å². The van der Waals surface area contributed by atoms with Gasteiger partial charge in [-0.3, -0.25) is 4.79 Å². The number of carbonyl (C=O) groups is 1. The average Bonchev–Trinajstić information content (AvgIpc) is 3.15. The minimum Gasteiger partial charge on any atom is -0.370 e. The number of amides is 1. The minimum atomic E-state index is -3.75. The first-order valence-electron chi connectivity index (χ1n) is 10.9. The van der Waals surface area contributed by atoms with E-state index in [0.29, 0.717) is 13.1 Å². The molecule has 0 aliphatic carbocycles. The zero-order valence-electron chi connectivity index (χ0n) is 17.5. The first kappa shape index (κ1) is 22.1. The van der Waals surface area contributed by atoms with Crippen LogP contribution in [0.4, 0.5) is 11.4 Å². The van der Waals surface area contributed by atoms with Crippen LogP contribution in [0.25, 0.3) is 0 Å². The fraction of sp³-hybridized carbons (Fsp3) is 0.435. The van der Waals surface area contributed by atoms with Crippen molar-refractivity contribution in [2.24, 2.45) is 0 Å². The molecule has 2 heterocycles. The molecule has 31 heavy (non-hydrogen) atoms. The lowest BCUT2D eigenvalue weighted by Gasteiger charge is -2.22. The van der Waals surface area contributed by atoms with Crippen molar-refractivity contribution in [3.05, 3.63) is 53.1 Å². The van der Waals surface area contributed by atoms with Crippen LogP contribution in [0.5, 0.6) is 0 Å². The van der Waals surface area contributed by atoms with Crippen LogP contribution in [-0.2, 0) is 10.0 Å². The van der Waals surface area contributed by atoms with Crippen molar-refractivity contribution in [1.29, 1.82) is 0 Å². The summed E-state index contributed by atoms with van der Waals surface area (Å²) in [4.78, 5) is 15.3. The highest BCUT2D eigenvalue weighted by molar-refractivity contribution is 7.89. The maximum Gasteiger partial charge on any atom is 0.255 e. The Kier molecular flexibility index (Phi) is 6.84. The van der Waals surface area contributed by atoms with E-state index in [1.165, 1.54) is 16.4 Å². The first-order chi connectivity index (χ1) is 15.0. The average molecular weight is 462 g/mol. The second-order valence-electron chi connectivity index (χ2n) is 8.13. The van der Waals surface area contributed by atoms with E-state index < -0.39 is 10.0 Å². The maximum absolute atomic E-state index is 13.2. The van der Waals surface area contributed by atoms with Gasteiger partial charge in [-0.15, -0.1) is 0 Å². The molecule has 2 saturated heterocycles. The smallest absolute Gasteiger partial charge is 0.255 e. The molecule has 2 aliphatic rings. The summed E-state index contributed by atoms with van der Waals surface area (Å²) < 4.78 is 27.9. The molecule has 2 aromatic carbocycles. The Balaban J connectivity index is 1.59. The van der Waals surface area contributed by atoms with E-state index in [-0.39, 0.29) is 21.4 Å². The van der Waals surface area contributed by atoms with Crippen molar-refractivity contribution in [2.45, 2.75) is 43.4 Å². The Morgan fingerprint density at radius 3 is 2.23 bits per heavy atom. The summed E-state index contributed by atoms with van der Waals surface area (Å²) in [6.45, 7) is 2.90. The van der Waals surface area contributed by atoms with E-state index in [2.05, 4.69) is 10.2 Å². The molecule has 0 spiro atoms. The Labute approximate surface area is 189 Å². The van der Waals surface area contributed by atoms with Crippen LogP contribution >= 0.6 is 11.6 Å². The summed E-state index contributed by atoms with van der Waals surface area (Å²) in [7, 11) is -3.75. The number of nitrogens with zero attached hydrogens (tertiary/aromatic N) is 2. The van der Waals surface area contributed by atoms with Crippen LogP contribution in [0.2, 0.25) is 5.02 Å². The van der Waals surface area contributed by atoms with Gasteiger partial charge in [0.05, 0.1) is 16.4 Å². The van der Waals surface area contributed by atoms with Gasteiger partial charge in [0.2, 0.25) is 10.0 Å². The molecule has 1 N–H and O–H groups in total. The number of sulfonamides is 1. The van der Waals surface area contributed by atoms with Crippen LogP contribution in [0, 0.1) is 0 Å². The molecule has 0 atom stereocenters. The molecule has 2 aromatic rings. The van der Waals surface area contributed by atoms with Crippen LogP contribution in [0.1, 0.15) is 48.9 Å². The first-order valence-corrected chi connectivity index (χ1v) is 12.7. The number of halogens is 1. The number of hydrogen-bond acceptors (Lipinski definition) is 4. The summed E-state index contributed by atoms with van der Waals surface area (Å²) in [5.41, 5.74) is 1.98. The highest BCUT2D eigenvalue weighted by Gasteiger charge is 2.28. The van der Waals surface area contributed by atoms with Gasteiger partial charge in [-0.2, -0.15) is 4.31 Å². The monoisotopic (exact) mass is 461 g/mol. The molecule has 0 aromatic heterocycles. The number of para-hydroxylation sites is 2. The number of carbonyl (C=O) groups excluding carboxylic acids is 1. The van der Waals surface area contributed by atoms with Gasteiger partial charge in [0.15, 0.2) is 0 Å². The quantitative estimate of drug-likeness (QED) is 0.697. The molecule has 2 aliphatic heterocycles. The predicted octanol–water partition coefficient (Wildman–Crippen LogP) is 4.76. The van der Waals surface area contributed by atoms with E-state index in [1.54, 1.807) is 6.07 Å². The van der Waals surface area contributed by atoms with Gasteiger partial charge in [-0.05, 0) is 56.0 Å². The minimum absolute atomic E-state index is 0.00320. The van der Waals surface area contributed by atoms with Crippen molar-refractivity contribution in [3.63, 3.8) is 0 Å². The van der Waals surface area contributed by atoms with Crippen LogP contribution in [0.15, 0.2) is 47.4 Å². The normalized spacial score (nSPS) is 18.0. The molecule has 0 saturated carbocycles. The fourth-order valence-electron chi connectivity index (χ4n) is 4.27. The Morgan fingerprint density at radius 2 is 1.52 bits per heavy atom. The topological polar surface area (TPSA) is 69.7 Å². The summed E-state index contributed by atoms with van der Waals surface area (Å²) in [5, 5.41) is 3.10. The van der Waals surface area contributed by atoms with Crippen molar-refractivity contribution < 1.29 is 13.2 Å². The van der Waals surface area contributed by atoms with Crippen molar-refractivity contribution in [3.8, 4) is 0 Å². The molecule has 0 unspecified atom stereocenters. The number of hydrogen-bond donors (Lipinski definition) is 1. The van der Waals surface area contributed by atoms with Gasteiger partial charge < -0.3 is 10.2 Å². The number of nitrogens with one attached hydrogen (secondary N) is 1. The molecule has 8 heteroatoms. The number of anilines is 2. The zero-order valence-corrected chi connectivity index (χ0v) is 19.1. The highest BCUT2D eigenvalue weighted by Crippen LogP contribution is 2.31. The fourth-order valence-corrected chi connectivity index (χ4v) is 6.29. The van der Waals surface area contributed by atoms with Crippen LogP contribution in [0.3, 0.4) is 0 Å². The van der Waals surface area contributed by atoms with E-state index in [4.69, 9.17) is 11.6 Å². The summed E-state index contributed by atoms with van der Waals surface area (Å²) in [6.07, 6.45) is 6.00. The Bertz CT molecular complexity index is 1040. The molecular formula is C23H28ClN3O3S. The zero-order chi connectivity index (χ0) is 21.8. The van der Waals surface area contributed by atoms with E-state index in [1.807, 2.05) is 24.3 Å². The third-order valence-electron chi connectivity index (χ3n) is 5.98. The molecular weight excluding hydrogens is 434 g/mol. The van der Waals surface area contributed by atoms with Crippen LogP contribution in [-0.4, -0.2) is 44.8 Å². The highest BCUT2D eigenvalue weighted by atomic mass is 35.5. The second kappa shape index (κ2) is 9.59. The largest absolute Gasteiger partial charge is 0.370 e. The van der Waals surface area contributed by atoms with Gasteiger partial charge in [0.1, 0.15) is 4.90 Å². The summed E-state index contributed by atoms with van der Waals surface area (Å²) in [5.74, 6) is -0.351. The lowest BCUT2D eigenvalue weighted by Crippen LogP contribution is -2.32. The van der Waals surface area contributed by atoms with Crippen LogP contribution < -0.4 is 10.2 Å². The Morgan fingerprint density at radius 1 is 0.871 bits per heavy atom. The Hall–Kier alpha value is -2.09. The van der Waals surface area contributed by atoms with E-state index >= 15 is 0 Å². The molecule has 4 rings (SSSR count). The van der Waals surface area contributed by atoms with Gasteiger partial charge in [-0.1, -0.05) is 36.6 Å². The third kappa shape index (κ3) is 4.89. The van der Waals surface area contributed by atoms with Crippen molar-refractivity contribution in [2.75, 3.05) is 36.4 Å². The van der Waals surface area contributed by atoms with Crippen molar-refractivity contribution in [1.82, 2.24) is 4.31 Å². The van der Waals surface area contributed by atoms with Gasteiger partial charge in [-0.25, -0.2) is 8.42 Å². The molecule has 1 amide bonds. The SMILES string of the molecule is O=C(Nc1ccccc1N1CCCC1)c1ccc(Cl)c(S(=O)(=O)N2CCCCCC2)c1. The molecule has 6 nitrogen and oxygen atoms in total. The third-order valence-corrected chi connectivity index (χ3v) is 8.36. The standard InChI is InChI=1S/C23H28ClN3O3S/c24-19-12-11-18(17-22(19)31(29,30)27-15-5-1-2-6-16-27)23(28)25-20-9-3-4-10-21(20)26-13-7-8-14-26/h3-4,9-12,17H,1-2,5-8,13-16H2,(H,25,28). The molecule has 166 valence electrons. The molecule has 2 fully saturated rings. The van der Waals surface area contributed by atoms with E-state index in [0.717, 1.165) is 63.0 Å². The number of rotatable bonds is 5. The lowest BCUT2D eigenvalue weighted by atomic mass is 10.2. The number of benzene rings is 2. The maximum atomic E-state index is 13.2. The molecule has 0 bridgehead atoms. The van der Waals surface area contributed by atoms with Crippen molar-refractivity contribution >= 4 is 38.9 Å². The summed E-state index contributed by atoms with van der Waals surface area (Å²) >= 11 is 6.27. The second-order valence-corrected chi connectivity index (χ2v) is 10.4. The lowest BCUT2D eigenvalue weighted by molar-refractivity contribution is 0.102. The van der Waals surface area contributed by atoms with Gasteiger partial charge >= 0.3 is 0 Å². The van der Waals surface area contributed by atoms with Gasteiger partial charge in [0.25, 0.3) is 5.91 Å². The predicted molar refractivity (Wildman–Crippen MR) is 125 cm³/mol.